The highest BCUT2D eigenvalue weighted by Crippen LogP contribution is 2.28. The molecule has 0 fully saturated rings. The van der Waals surface area contributed by atoms with Crippen molar-refractivity contribution in [1.29, 1.82) is 0 Å². The molecule has 0 aliphatic heterocycles. The Balaban J connectivity index is 0.00000320. The van der Waals surface area contributed by atoms with E-state index in [-0.39, 0.29) is 38.9 Å². The average Bonchev–Trinajstić information content (AvgIpc) is 2.69. The standard InChI is InChI=1S/C20H17N3O5S.BrH/c21-29(27,28)16-6-4-15(5-7-16)23-20(26)17(14-2-1-9-22-12-14)10-13-3-8-18(24)19(25)11-13;/h1-12,24-25H,(H,23,26)(H2,21,27,28);1H/b17-10-;. The first kappa shape index (κ1) is 23.1. The maximum Gasteiger partial charge on any atom is 0.256 e. The van der Waals surface area contributed by atoms with Crippen molar-refractivity contribution in [2.75, 3.05) is 5.32 Å². The van der Waals surface area contributed by atoms with E-state index in [1.54, 1.807) is 24.4 Å². The van der Waals surface area contributed by atoms with Crippen molar-refractivity contribution in [2.24, 2.45) is 5.14 Å². The largest absolute Gasteiger partial charge is 0.504 e. The molecule has 5 N–H and O–H groups in total. The van der Waals surface area contributed by atoms with E-state index in [0.29, 0.717) is 16.8 Å². The number of hydrogen-bond donors (Lipinski definition) is 4. The zero-order valence-electron chi connectivity index (χ0n) is 15.4. The molecule has 0 saturated heterocycles. The van der Waals surface area contributed by atoms with Crippen LogP contribution in [0.1, 0.15) is 11.1 Å². The fraction of sp³-hybridized carbons (Fsp3) is 0. The van der Waals surface area contributed by atoms with Crippen LogP contribution >= 0.6 is 17.0 Å². The Bertz CT molecular complexity index is 1180. The molecule has 0 aliphatic carbocycles. The Morgan fingerprint density at radius 3 is 2.30 bits per heavy atom. The van der Waals surface area contributed by atoms with E-state index >= 15 is 0 Å². The maximum atomic E-state index is 12.9. The summed E-state index contributed by atoms with van der Waals surface area (Å²) in [7, 11) is -3.83. The summed E-state index contributed by atoms with van der Waals surface area (Å²) < 4.78 is 22.7. The Hall–Kier alpha value is -3.21. The van der Waals surface area contributed by atoms with Crippen LogP contribution in [0.3, 0.4) is 0 Å². The molecule has 2 aromatic carbocycles. The summed E-state index contributed by atoms with van der Waals surface area (Å²) in [6.07, 6.45) is 4.61. The van der Waals surface area contributed by atoms with E-state index < -0.39 is 15.9 Å². The van der Waals surface area contributed by atoms with Crippen molar-refractivity contribution < 1.29 is 23.4 Å². The van der Waals surface area contributed by atoms with Crippen LogP contribution in [0.25, 0.3) is 11.6 Å². The van der Waals surface area contributed by atoms with Crippen molar-refractivity contribution in [2.45, 2.75) is 4.90 Å². The number of carbonyl (C=O) groups is 1. The van der Waals surface area contributed by atoms with Gasteiger partial charge in [-0.1, -0.05) is 12.1 Å². The van der Waals surface area contributed by atoms with Crippen LogP contribution in [-0.4, -0.2) is 29.5 Å². The SMILES string of the molecule is Br.NS(=O)(=O)c1ccc(NC(=O)/C(=C\c2ccc(O)c(O)c2)c2cccnc2)cc1. The summed E-state index contributed by atoms with van der Waals surface area (Å²) >= 11 is 0. The van der Waals surface area contributed by atoms with Crippen LogP contribution in [-0.2, 0) is 14.8 Å². The minimum absolute atomic E-state index is 0. The highest BCUT2D eigenvalue weighted by atomic mass is 79.9. The van der Waals surface area contributed by atoms with Gasteiger partial charge in [-0.2, -0.15) is 0 Å². The Morgan fingerprint density at radius 2 is 1.73 bits per heavy atom. The molecule has 156 valence electrons. The van der Waals surface area contributed by atoms with Gasteiger partial charge in [-0.25, -0.2) is 13.6 Å². The minimum atomic E-state index is -3.83. The first-order chi connectivity index (χ1) is 13.7. The molecular weight excluding hydrogens is 474 g/mol. The molecule has 0 atom stereocenters. The third-order valence-electron chi connectivity index (χ3n) is 3.97. The van der Waals surface area contributed by atoms with Crippen molar-refractivity contribution in [1.82, 2.24) is 4.98 Å². The average molecular weight is 492 g/mol. The van der Waals surface area contributed by atoms with Crippen LogP contribution in [0.5, 0.6) is 11.5 Å². The van der Waals surface area contributed by atoms with E-state index in [9.17, 15) is 23.4 Å². The maximum absolute atomic E-state index is 12.9. The van der Waals surface area contributed by atoms with E-state index in [1.165, 1.54) is 48.7 Å². The number of nitrogens with zero attached hydrogens (tertiary/aromatic N) is 1. The normalized spacial score (nSPS) is 11.4. The number of anilines is 1. The molecule has 1 amide bonds. The van der Waals surface area contributed by atoms with Gasteiger partial charge in [0.1, 0.15) is 0 Å². The van der Waals surface area contributed by atoms with Crippen LogP contribution in [0.15, 0.2) is 71.9 Å². The number of pyridine rings is 1. The lowest BCUT2D eigenvalue weighted by molar-refractivity contribution is -0.111. The lowest BCUT2D eigenvalue weighted by Gasteiger charge is -2.10. The van der Waals surface area contributed by atoms with E-state index in [2.05, 4.69) is 10.3 Å². The van der Waals surface area contributed by atoms with Crippen molar-refractivity contribution in [3.63, 3.8) is 0 Å². The lowest BCUT2D eigenvalue weighted by atomic mass is 10.0. The van der Waals surface area contributed by atoms with Gasteiger partial charge in [-0.15, -0.1) is 17.0 Å². The summed E-state index contributed by atoms with van der Waals surface area (Å²) in [6, 6.07) is 13.0. The number of aromatic hydroxyl groups is 2. The van der Waals surface area contributed by atoms with Gasteiger partial charge in [0.2, 0.25) is 10.0 Å². The van der Waals surface area contributed by atoms with E-state index in [0.717, 1.165) is 0 Å². The predicted molar refractivity (Wildman–Crippen MR) is 119 cm³/mol. The van der Waals surface area contributed by atoms with Crippen molar-refractivity contribution >= 4 is 50.2 Å². The van der Waals surface area contributed by atoms with Gasteiger partial charge in [0.05, 0.1) is 4.90 Å². The summed E-state index contributed by atoms with van der Waals surface area (Å²) in [4.78, 5) is 16.8. The van der Waals surface area contributed by atoms with Crippen LogP contribution in [0.4, 0.5) is 5.69 Å². The van der Waals surface area contributed by atoms with Crippen LogP contribution in [0, 0.1) is 0 Å². The van der Waals surface area contributed by atoms with Crippen molar-refractivity contribution in [3.05, 3.63) is 78.1 Å². The monoisotopic (exact) mass is 491 g/mol. The third-order valence-corrected chi connectivity index (χ3v) is 4.90. The van der Waals surface area contributed by atoms with Gasteiger partial charge in [-0.3, -0.25) is 9.78 Å². The molecule has 10 heteroatoms. The number of benzene rings is 2. The van der Waals surface area contributed by atoms with Crippen LogP contribution < -0.4 is 10.5 Å². The summed E-state index contributed by atoms with van der Waals surface area (Å²) in [5.41, 5.74) is 1.63. The molecule has 1 heterocycles. The van der Waals surface area contributed by atoms with E-state index in [1.807, 2.05) is 0 Å². The van der Waals surface area contributed by atoms with Gasteiger partial charge in [0.15, 0.2) is 11.5 Å². The Kier molecular flexibility index (Phi) is 7.33. The third kappa shape index (κ3) is 5.66. The number of hydrogen-bond acceptors (Lipinski definition) is 6. The first-order valence-electron chi connectivity index (χ1n) is 8.32. The van der Waals surface area contributed by atoms with Crippen LogP contribution in [0.2, 0.25) is 0 Å². The number of halogens is 1. The number of nitrogens with one attached hydrogen (secondary N) is 1. The first-order valence-corrected chi connectivity index (χ1v) is 9.87. The summed E-state index contributed by atoms with van der Waals surface area (Å²) in [5.74, 6) is -1.07. The molecule has 3 rings (SSSR count). The molecule has 0 saturated carbocycles. The summed E-state index contributed by atoms with van der Waals surface area (Å²) in [5, 5.41) is 26.9. The predicted octanol–water partition coefficient (Wildman–Crippen LogP) is 2.90. The molecule has 0 aliphatic rings. The second kappa shape index (κ2) is 9.53. The zero-order chi connectivity index (χ0) is 21.0. The topological polar surface area (TPSA) is 143 Å². The number of carbonyl (C=O) groups excluding carboxylic acids is 1. The Labute approximate surface area is 183 Å². The molecule has 8 nitrogen and oxygen atoms in total. The highest BCUT2D eigenvalue weighted by Gasteiger charge is 2.14. The Morgan fingerprint density at radius 1 is 1.03 bits per heavy atom. The number of phenols is 2. The number of aromatic nitrogens is 1. The van der Waals surface area contributed by atoms with Gasteiger partial charge >= 0.3 is 0 Å². The minimum Gasteiger partial charge on any atom is -0.504 e. The fourth-order valence-electron chi connectivity index (χ4n) is 2.53. The number of nitrogens with two attached hydrogens (primary N) is 1. The number of amides is 1. The second-order valence-electron chi connectivity index (χ2n) is 6.07. The molecule has 0 bridgehead atoms. The van der Waals surface area contributed by atoms with Crippen molar-refractivity contribution in [3.8, 4) is 11.5 Å². The molecule has 0 spiro atoms. The highest BCUT2D eigenvalue weighted by molar-refractivity contribution is 8.93. The van der Waals surface area contributed by atoms with E-state index in [4.69, 9.17) is 5.14 Å². The smallest absolute Gasteiger partial charge is 0.256 e. The zero-order valence-corrected chi connectivity index (χ0v) is 17.9. The summed E-state index contributed by atoms with van der Waals surface area (Å²) in [6.45, 7) is 0. The van der Waals surface area contributed by atoms with Gasteiger partial charge in [0, 0.05) is 29.2 Å². The quantitative estimate of drug-likeness (QED) is 0.319. The van der Waals surface area contributed by atoms with Gasteiger partial charge in [0.25, 0.3) is 5.91 Å². The number of rotatable bonds is 5. The number of sulfonamides is 1. The fourth-order valence-corrected chi connectivity index (χ4v) is 3.04. The molecular formula is C20H18BrN3O5S. The molecule has 0 unspecified atom stereocenters. The van der Waals surface area contributed by atoms with Gasteiger partial charge in [-0.05, 0) is 54.1 Å². The molecule has 0 radical (unpaired) electrons. The molecule has 1 aromatic heterocycles. The number of phenolic OH excluding ortho intramolecular Hbond substituents is 2. The molecule has 3 aromatic rings. The second-order valence-corrected chi connectivity index (χ2v) is 7.63. The van der Waals surface area contributed by atoms with Gasteiger partial charge < -0.3 is 15.5 Å². The lowest BCUT2D eigenvalue weighted by Crippen LogP contribution is -2.15. The molecule has 30 heavy (non-hydrogen) atoms. The number of primary sulfonamides is 1.